The third-order valence-electron chi connectivity index (χ3n) is 5.91. The van der Waals surface area contributed by atoms with Crippen molar-refractivity contribution in [2.45, 2.75) is 6.61 Å². The average molecular weight is 575 g/mol. The molecule has 0 bridgehead atoms. The molecule has 0 spiro atoms. The summed E-state index contributed by atoms with van der Waals surface area (Å²) in [6.45, 7) is -0.0418. The van der Waals surface area contributed by atoms with Crippen LogP contribution in [-0.2, 0) is 11.3 Å². The van der Waals surface area contributed by atoms with Crippen molar-refractivity contribution < 1.29 is 24.1 Å². The molecular formula is C31H24Cl2N2O5. The minimum atomic E-state index is -0.437. The Morgan fingerprint density at radius 3 is 1.70 bits per heavy atom. The van der Waals surface area contributed by atoms with Gasteiger partial charge >= 0.3 is 5.97 Å². The molecule has 0 atom stereocenters. The average Bonchev–Trinajstić information content (AvgIpc) is 3.59. The van der Waals surface area contributed by atoms with Gasteiger partial charge in [0.15, 0.2) is 0 Å². The summed E-state index contributed by atoms with van der Waals surface area (Å²) >= 11 is 12.5. The Balaban J connectivity index is 0.000000162. The molecule has 0 fully saturated rings. The fourth-order valence-corrected chi connectivity index (χ4v) is 4.59. The number of aliphatic hydroxyl groups is 1. The first-order valence-electron chi connectivity index (χ1n) is 12.2. The van der Waals surface area contributed by atoms with Crippen LogP contribution in [0.15, 0.2) is 97.1 Å². The molecule has 4 aromatic carbocycles. The number of esters is 1. The lowest BCUT2D eigenvalue weighted by Gasteiger charge is -2.06. The lowest BCUT2D eigenvalue weighted by atomic mass is 10.2. The number of carbonyl (C=O) groups excluding carboxylic acids is 1. The first-order chi connectivity index (χ1) is 19.4. The highest BCUT2D eigenvalue weighted by atomic mass is 35.5. The van der Waals surface area contributed by atoms with Gasteiger partial charge in [-0.15, -0.1) is 0 Å². The van der Waals surface area contributed by atoms with E-state index in [1.54, 1.807) is 24.3 Å². The second kappa shape index (κ2) is 12.2. The molecule has 0 radical (unpaired) electrons. The number of aromatic amines is 2. The number of benzene rings is 4. The number of para-hydroxylation sites is 2. The van der Waals surface area contributed by atoms with Crippen LogP contribution in [0.2, 0.25) is 10.0 Å². The van der Waals surface area contributed by atoms with Crippen LogP contribution in [0.5, 0.6) is 23.0 Å². The van der Waals surface area contributed by atoms with Crippen LogP contribution in [0.1, 0.15) is 16.2 Å². The van der Waals surface area contributed by atoms with Gasteiger partial charge in [0.2, 0.25) is 0 Å². The Hall–Kier alpha value is -4.43. The molecule has 0 aliphatic rings. The van der Waals surface area contributed by atoms with E-state index in [4.69, 9.17) is 37.8 Å². The molecule has 2 aromatic heterocycles. The highest BCUT2D eigenvalue weighted by Gasteiger charge is 2.13. The van der Waals surface area contributed by atoms with Gasteiger partial charge in [0, 0.05) is 40.7 Å². The quantitative estimate of drug-likeness (QED) is 0.173. The Morgan fingerprint density at radius 2 is 1.20 bits per heavy atom. The Labute approximate surface area is 239 Å². The number of aliphatic hydroxyl groups excluding tert-OH is 1. The summed E-state index contributed by atoms with van der Waals surface area (Å²) in [5.74, 6) is 2.29. The van der Waals surface area contributed by atoms with E-state index in [2.05, 4.69) is 14.7 Å². The second-order valence-electron chi connectivity index (χ2n) is 8.69. The number of halogens is 2. The molecule has 9 heteroatoms. The number of aromatic nitrogens is 2. The molecule has 0 amide bonds. The fraction of sp³-hybridized carbons (Fsp3) is 0.0645. The fourth-order valence-electron chi connectivity index (χ4n) is 4.07. The molecular weight excluding hydrogens is 551 g/mol. The summed E-state index contributed by atoms with van der Waals surface area (Å²) in [6.07, 6.45) is 0. The van der Waals surface area contributed by atoms with Crippen LogP contribution in [0.4, 0.5) is 0 Å². The Morgan fingerprint density at radius 1 is 0.700 bits per heavy atom. The van der Waals surface area contributed by atoms with Gasteiger partial charge in [0.1, 0.15) is 28.7 Å². The maximum atomic E-state index is 11.5. The number of methoxy groups -OCH3 is 1. The van der Waals surface area contributed by atoms with Crippen molar-refractivity contribution in [2.75, 3.05) is 7.11 Å². The molecule has 0 unspecified atom stereocenters. The van der Waals surface area contributed by atoms with E-state index in [9.17, 15) is 4.79 Å². The molecule has 0 aliphatic heterocycles. The second-order valence-corrected chi connectivity index (χ2v) is 9.50. The lowest BCUT2D eigenvalue weighted by Crippen LogP contribution is -2.00. The lowest BCUT2D eigenvalue weighted by molar-refractivity contribution is 0.0595. The van der Waals surface area contributed by atoms with Crippen LogP contribution in [0.3, 0.4) is 0 Å². The number of nitrogens with one attached hydrogen (secondary N) is 2. The van der Waals surface area contributed by atoms with Gasteiger partial charge in [-0.1, -0.05) is 59.6 Å². The van der Waals surface area contributed by atoms with Crippen molar-refractivity contribution >= 4 is 51.0 Å². The number of rotatable bonds is 6. The Bertz CT molecular complexity index is 1770. The zero-order chi connectivity index (χ0) is 28.1. The number of H-pyrrole nitrogens is 2. The summed E-state index contributed by atoms with van der Waals surface area (Å²) in [5, 5.41) is 11.9. The molecule has 0 saturated heterocycles. The molecule has 0 aliphatic carbocycles. The SMILES string of the molecule is COC(=O)c1cc2c(Cl)cc(Oc3ccccc3)cc2[nH]1.OCc1cc2c(Cl)cc(Oc3ccccc3)cc2[nH]1. The van der Waals surface area contributed by atoms with E-state index in [-0.39, 0.29) is 6.61 Å². The first-order valence-corrected chi connectivity index (χ1v) is 13.0. The monoisotopic (exact) mass is 574 g/mol. The highest BCUT2D eigenvalue weighted by Crippen LogP contribution is 2.33. The minimum Gasteiger partial charge on any atom is -0.464 e. The van der Waals surface area contributed by atoms with Crippen LogP contribution < -0.4 is 9.47 Å². The highest BCUT2D eigenvalue weighted by molar-refractivity contribution is 6.36. The van der Waals surface area contributed by atoms with Crippen molar-refractivity contribution in [3.8, 4) is 23.0 Å². The van der Waals surface area contributed by atoms with Gasteiger partial charge in [0.25, 0.3) is 0 Å². The third kappa shape index (κ3) is 6.24. The smallest absolute Gasteiger partial charge is 0.354 e. The third-order valence-corrected chi connectivity index (χ3v) is 6.54. The number of hydrogen-bond acceptors (Lipinski definition) is 5. The molecule has 6 aromatic rings. The van der Waals surface area contributed by atoms with Crippen LogP contribution >= 0.6 is 23.2 Å². The first kappa shape index (κ1) is 27.1. The van der Waals surface area contributed by atoms with Gasteiger partial charge in [-0.3, -0.25) is 0 Å². The van der Waals surface area contributed by atoms with E-state index in [0.29, 0.717) is 38.5 Å². The molecule has 7 nitrogen and oxygen atoms in total. The maximum absolute atomic E-state index is 11.5. The van der Waals surface area contributed by atoms with Crippen molar-refractivity contribution in [2.24, 2.45) is 0 Å². The number of hydrogen-bond donors (Lipinski definition) is 3. The number of ether oxygens (including phenoxy) is 3. The number of fused-ring (bicyclic) bond motifs is 2. The normalized spacial score (nSPS) is 10.7. The van der Waals surface area contributed by atoms with E-state index >= 15 is 0 Å². The van der Waals surface area contributed by atoms with Gasteiger partial charge in [-0.05, 0) is 36.4 Å². The van der Waals surface area contributed by atoms with Crippen molar-refractivity contribution in [3.63, 3.8) is 0 Å². The van der Waals surface area contributed by atoms with Crippen LogP contribution in [0, 0.1) is 0 Å². The van der Waals surface area contributed by atoms with Gasteiger partial charge < -0.3 is 29.3 Å². The number of carbonyl (C=O) groups is 1. The van der Waals surface area contributed by atoms with Gasteiger partial charge in [0.05, 0.1) is 34.8 Å². The zero-order valence-corrected chi connectivity index (χ0v) is 22.8. The van der Waals surface area contributed by atoms with E-state index in [1.165, 1.54) is 7.11 Å². The predicted molar refractivity (Wildman–Crippen MR) is 157 cm³/mol. The largest absolute Gasteiger partial charge is 0.464 e. The zero-order valence-electron chi connectivity index (χ0n) is 21.3. The minimum absolute atomic E-state index is 0.0418. The summed E-state index contributed by atoms with van der Waals surface area (Å²) in [4.78, 5) is 17.6. The van der Waals surface area contributed by atoms with Gasteiger partial charge in [-0.2, -0.15) is 0 Å². The molecule has 3 N–H and O–H groups in total. The molecule has 6 rings (SSSR count). The van der Waals surface area contributed by atoms with Gasteiger partial charge in [-0.25, -0.2) is 4.79 Å². The molecule has 40 heavy (non-hydrogen) atoms. The van der Waals surface area contributed by atoms with Crippen molar-refractivity contribution in [1.29, 1.82) is 0 Å². The molecule has 2 heterocycles. The van der Waals surface area contributed by atoms with Crippen molar-refractivity contribution in [1.82, 2.24) is 9.97 Å². The summed E-state index contributed by atoms with van der Waals surface area (Å²) in [6, 6.07) is 29.6. The predicted octanol–water partition coefficient (Wildman–Crippen LogP) is 8.51. The van der Waals surface area contributed by atoms with Crippen LogP contribution in [0.25, 0.3) is 21.8 Å². The standard InChI is InChI=1S/C16H12ClNO3.C15H12ClNO2/c1-20-16(19)15-9-12-13(17)7-11(8-14(12)18-15)21-10-5-3-2-4-6-10;16-14-7-12(19-11-4-2-1-3-5-11)8-15-13(14)6-10(9-18)17-15/h2-9,18H,1H3;1-8,17-18H,9H2. The van der Waals surface area contributed by atoms with Crippen LogP contribution in [-0.4, -0.2) is 28.2 Å². The summed E-state index contributed by atoms with van der Waals surface area (Å²) < 4.78 is 16.2. The summed E-state index contributed by atoms with van der Waals surface area (Å²) in [7, 11) is 1.33. The van der Waals surface area contributed by atoms with E-state index in [0.717, 1.165) is 27.7 Å². The topological polar surface area (TPSA) is 96.6 Å². The van der Waals surface area contributed by atoms with Crippen molar-refractivity contribution in [3.05, 3.63) is 118 Å². The summed E-state index contributed by atoms with van der Waals surface area (Å²) in [5.41, 5.74) is 2.65. The van der Waals surface area contributed by atoms with E-state index < -0.39 is 5.97 Å². The molecule has 0 saturated carbocycles. The van der Waals surface area contributed by atoms with E-state index in [1.807, 2.05) is 72.8 Å². The maximum Gasteiger partial charge on any atom is 0.354 e. The molecule has 202 valence electrons. The Kier molecular flexibility index (Phi) is 8.26.